The van der Waals surface area contributed by atoms with Gasteiger partial charge in [0.1, 0.15) is 0 Å². The first-order chi connectivity index (χ1) is 7.13. The van der Waals surface area contributed by atoms with Crippen LogP contribution in [0.3, 0.4) is 0 Å². The molecule has 1 heteroatoms. The summed E-state index contributed by atoms with van der Waals surface area (Å²) in [7, 11) is 0. The first-order valence-corrected chi connectivity index (χ1v) is 5.54. The Labute approximate surface area is 93.2 Å². The van der Waals surface area contributed by atoms with Crippen LogP contribution >= 0.6 is 0 Å². The number of hydrogen-bond donors (Lipinski definition) is 1. The number of hydrogen-bond acceptors (Lipinski definition) is 1. The van der Waals surface area contributed by atoms with Crippen molar-refractivity contribution in [1.29, 1.82) is 0 Å². The van der Waals surface area contributed by atoms with Crippen molar-refractivity contribution in [2.45, 2.75) is 39.8 Å². The molecule has 0 aromatic heterocycles. The van der Waals surface area contributed by atoms with E-state index in [1.54, 1.807) is 0 Å². The third kappa shape index (κ3) is 3.88. The van der Waals surface area contributed by atoms with Gasteiger partial charge in [-0.2, -0.15) is 0 Å². The Bertz CT molecular complexity index is 328. The van der Waals surface area contributed by atoms with Crippen molar-refractivity contribution < 1.29 is 0 Å². The Morgan fingerprint density at radius 2 is 2.07 bits per heavy atom. The Balaban J connectivity index is 2.50. The van der Waals surface area contributed by atoms with Gasteiger partial charge < -0.3 is 5.32 Å². The van der Waals surface area contributed by atoms with Crippen molar-refractivity contribution in [3.63, 3.8) is 0 Å². The molecule has 1 unspecified atom stereocenters. The quantitative estimate of drug-likeness (QED) is 0.724. The monoisotopic (exact) mass is 203 g/mol. The normalized spacial score (nSPS) is 12.5. The number of aryl methyl sites for hydroxylation is 2. The second-order valence-electron chi connectivity index (χ2n) is 4.22. The third-order valence-corrected chi connectivity index (χ3v) is 2.75. The summed E-state index contributed by atoms with van der Waals surface area (Å²) >= 11 is 0. The predicted molar refractivity (Wildman–Crippen MR) is 67.0 cm³/mol. The summed E-state index contributed by atoms with van der Waals surface area (Å²) in [6, 6.07) is 7.13. The van der Waals surface area contributed by atoms with Gasteiger partial charge in [-0.05, 0) is 43.9 Å². The van der Waals surface area contributed by atoms with Gasteiger partial charge in [0.25, 0.3) is 0 Å². The van der Waals surface area contributed by atoms with Gasteiger partial charge in [0.2, 0.25) is 0 Å². The molecule has 0 radical (unpaired) electrons. The van der Waals surface area contributed by atoms with Gasteiger partial charge in [-0.1, -0.05) is 24.3 Å². The predicted octanol–water partition coefficient (Wildman–Crippen LogP) is 3.36. The van der Waals surface area contributed by atoms with E-state index < -0.39 is 0 Å². The fourth-order valence-corrected chi connectivity index (χ4v) is 1.54. The van der Waals surface area contributed by atoms with Crippen molar-refractivity contribution in [2.75, 3.05) is 0 Å². The van der Waals surface area contributed by atoms with Crippen LogP contribution in [0.4, 0.5) is 0 Å². The molecule has 1 nitrogen and oxygen atoms in total. The van der Waals surface area contributed by atoms with Gasteiger partial charge in [-0.25, -0.2) is 0 Å². The lowest BCUT2D eigenvalue weighted by molar-refractivity contribution is 0.553. The number of nitrogens with one attached hydrogen (secondary N) is 1. The molecule has 1 aromatic carbocycles. The van der Waals surface area contributed by atoms with Crippen LogP contribution in [0.25, 0.3) is 0 Å². The Morgan fingerprint density at radius 1 is 1.33 bits per heavy atom. The molecule has 82 valence electrons. The molecule has 0 aliphatic rings. The molecule has 1 rings (SSSR count). The molecule has 1 N–H and O–H groups in total. The molecule has 0 saturated carbocycles. The second kappa shape index (κ2) is 5.72. The molecule has 15 heavy (non-hydrogen) atoms. The standard InChI is InChI=1S/C14H21N/c1-5-6-13(4)15-10-14-8-7-11(2)12(3)9-14/h5,7-9,13,15H,1,6,10H2,2-4H3. The van der Waals surface area contributed by atoms with Crippen molar-refractivity contribution >= 4 is 0 Å². The first-order valence-electron chi connectivity index (χ1n) is 5.54. The fraction of sp³-hybridized carbons (Fsp3) is 0.429. The molecular weight excluding hydrogens is 182 g/mol. The molecular formula is C14H21N. The van der Waals surface area contributed by atoms with E-state index in [-0.39, 0.29) is 0 Å². The van der Waals surface area contributed by atoms with E-state index in [0.717, 1.165) is 13.0 Å². The highest BCUT2D eigenvalue weighted by Gasteiger charge is 2.00. The van der Waals surface area contributed by atoms with Gasteiger partial charge in [-0.15, -0.1) is 6.58 Å². The van der Waals surface area contributed by atoms with Gasteiger partial charge >= 0.3 is 0 Å². The topological polar surface area (TPSA) is 12.0 Å². The van der Waals surface area contributed by atoms with Crippen molar-refractivity contribution in [2.24, 2.45) is 0 Å². The van der Waals surface area contributed by atoms with E-state index in [4.69, 9.17) is 0 Å². The largest absolute Gasteiger partial charge is 0.310 e. The van der Waals surface area contributed by atoms with E-state index in [0.29, 0.717) is 6.04 Å². The van der Waals surface area contributed by atoms with E-state index in [9.17, 15) is 0 Å². The van der Waals surface area contributed by atoms with Crippen LogP contribution < -0.4 is 5.32 Å². The second-order valence-corrected chi connectivity index (χ2v) is 4.22. The highest BCUT2D eigenvalue weighted by Crippen LogP contribution is 2.09. The van der Waals surface area contributed by atoms with Crippen LogP contribution in [0.5, 0.6) is 0 Å². The summed E-state index contributed by atoms with van der Waals surface area (Å²) in [6.07, 6.45) is 2.98. The van der Waals surface area contributed by atoms with E-state index in [2.05, 4.69) is 50.9 Å². The van der Waals surface area contributed by atoms with Crippen molar-refractivity contribution in [1.82, 2.24) is 5.32 Å². The van der Waals surface area contributed by atoms with E-state index in [1.807, 2.05) is 6.08 Å². The molecule has 1 aromatic rings. The minimum absolute atomic E-state index is 0.504. The minimum Gasteiger partial charge on any atom is -0.310 e. The number of benzene rings is 1. The van der Waals surface area contributed by atoms with Crippen LogP contribution in [0.2, 0.25) is 0 Å². The molecule has 0 aliphatic carbocycles. The zero-order valence-corrected chi connectivity index (χ0v) is 10.0. The summed E-state index contributed by atoms with van der Waals surface area (Å²) < 4.78 is 0. The summed E-state index contributed by atoms with van der Waals surface area (Å²) in [5.41, 5.74) is 4.08. The SMILES string of the molecule is C=CCC(C)NCc1ccc(C)c(C)c1. The highest BCUT2D eigenvalue weighted by molar-refractivity contribution is 5.29. The van der Waals surface area contributed by atoms with Gasteiger partial charge in [0.05, 0.1) is 0 Å². The maximum Gasteiger partial charge on any atom is 0.0208 e. The summed E-state index contributed by atoms with van der Waals surface area (Å²) in [4.78, 5) is 0. The van der Waals surface area contributed by atoms with Crippen molar-refractivity contribution in [3.05, 3.63) is 47.5 Å². The lowest BCUT2D eigenvalue weighted by atomic mass is 10.1. The van der Waals surface area contributed by atoms with Crippen LogP contribution in [-0.2, 0) is 6.54 Å². The first kappa shape index (κ1) is 12.0. The summed E-state index contributed by atoms with van der Waals surface area (Å²) in [5, 5.41) is 3.48. The zero-order valence-electron chi connectivity index (χ0n) is 10.0. The molecule has 0 aliphatic heterocycles. The van der Waals surface area contributed by atoms with Gasteiger partial charge in [0, 0.05) is 12.6 Å². The van der Waals surface area contributed by atoms with Crippen LogP contribution in [0, 0.1) is 13.8 Å². The van der Waals surface area contributed by atoms with Crippen LogP contribution in [0.1, 0.15) is 30.0 Å². The maximum absolute atomic E-state index is 3.74. The lowest BCUT2D eigenvalue weighted by Crippen LogP contribution is -2.24. The molecule has 0 saturated heterocycles. The third-order valence-electron chi connectivity index (χ3n) is 2.75. The molecule has 0 bridgehead atoms. The Hall–Kier alpha value is -1.08. The smallest absolute Gasteiger partial charge is 0.0208 e. The van der Waals surface area contributed by atoms with Crippen LogP contribution in [-0.4, -0.2) is 6.04 Å². The highest BCUT2D eigenvalue weighted by atomic mass is 14.9. The number of rotatable bonds is 5. The van der Waals surface area contributed by atoms with Gasteiger partial charge in [0.15, 0.2) is 0 Å². The average molecular weight is 203 g/mol. The molecule has 0 amide bonds. The Morgan fingerprint density at radius 3 is 2.67 bits per heavy atom. The average Bonchev–Trinajstić information content (AvgIpc) is 2.20. The maximum atomic E-state index is 3.74. The van der Waals surface area contributed by atoms with Crippen LogP contribution in [0.15, 0.2) is 30.9 Å². The minimum atomic E-state index is 0.504. The summed E-state index contributed by atoms with van der Waals surface area (Å²) in [5.74, 6) is 0. The molecule has 0 heterocycles. The Kier molecular flexibility index (Phi) is 4.57. The van der Waals surface area contributed by atoms with Gasteiger partial charge in [-0.3, -0.25) is 0 Å². The van der Waals surface area contributed by atoms with Crippen molar-refractivity contribution in [3.8, 4) is 0 Å². The molecule has 1 atom stereocenters. The van der Waals surface area contributed by atoms with E-state index in [1.165, 1.54) is 16.7 Å². The fourth-order valence-electron chi connectivity index (χ4n) is 1.54. The zero-order chi connectivity index (χ0) is 11.3. The lowest BCUT2D eigenvalue weighted by Gasteiger charge is -2.12. The van der Waals surface area contributed by atoms with E-state index >= 15 is 0 Å². The molecule has 0 fully saturated rings. The summed E-state index contributed by atoms with van der Waals surface area (Å²) in [6.45, 7) is 11.2. The molecule has 0 spiro atoms.